The molecule has 0 saturated heterocycles. The fraction of sp³-hybridized carbons (Fsp3) is 0.200. The van der Waals surface area contributed by atoms with Crippen LogP contribution >= 0.6 is 23.2 Å². The Bertz CT molecular complexity index is 1390. The molecular weight excluding hydrogens is 507 g/mol. The molecule has 180 valence electrons. The van der Waals surface area contributed by atoms with Gasteiger partial charge in [-0.3, -0.25) is 4.31 Å². The van der Waals surface area contributed by atoms with E-state index in [4.69, 9.17) is 27.9 Å². The number of ether oxygens (including phenoxy) is 1. The summed E-state index contributed by atoms with van der Waals surface area (Å²) < 4.78 is 20.9. The number of hydrogen-bond acceptors (Lipinski definition) is 4. The van der Waals surface area contributed by atoms with Gasteiger partial charge in [-0.05, 0) is 66.9 Å². The number of benzene rings is 3. The van der Waals surface area contributed by atoms with Gasteiger partial charge in [0.1, 0.15) is 12.4 Å². The summed E-state index contributed by atoms with van der Waals surface area (Å²) in [6.07, 6.45) is 0.940. The molecule has 35 heavy (non-hydrogen) atoms. The van der Waals surface area contributed by atoms with Crippen molar-refractivity contribution >= 4 is 57.0 Å². The lowest BCUT2D eigenvalue weighted by Gasteiger charge is -2.37. The third kappa shape index (κ3) is 5.29. The van der Waals surface area contributed by atoms with Crippen LogP contribution in [0.2, 0.25) is 10.0 Å². The lowest BCUT2D eigenvalue weighted by atomic mass is 9.98. The number of carbonyl (C=O) groups is 1. The monoisotopic (exact) mass is 528 g/mol. The van der Waals surface area contributed by atoms with Crippen molar-refractivity contribution in [3.63, 3.8) is 0 Å². The van der Waals surface area contributed by atoms with Crippen LogP contribution in [0.25, 0.3) is 11.0 Å². The quantitative estimate of drug-likeness (QED) is 0.339. The van der Waals surface area contributed by atoms with Crippen molar-refractivity contribution in [2.75, 3.05) is 10.9 Å². The van der Waals surface area contributed by atoms with Crippen molar-refractivity contribution in [1.82, 2.24) is 15.3 Å². The molecule has 1 aromatic heterocycles. The summed E-state index contributed by atoms with van der Waals surface area (Å²) in [5.74, 6) is 0.594. The van der Waals surface area contributed by atoms with Gasteiger partial charge in [-0.15, -0.1) is 0 Å². The molecule has 2 N–H and O–H groups in total. The molecule has 0 saturated carbocycles. The van der Waals surface area contributed by atoms with Gasteiger partial charge in [-0.2, -0.15) is 0 Å². The normalized spacial score (nSPS) is 16.1. The van der Waals surface area contributed by atoms with Crippen LogP contribution in [0.5, 0.6) is 0 Å². The van der Waals surface area contributed by atoms with Crippen molar-refractivity contribution in [3.05, 3.63) is 88.2 Å². The Morgan fingerprint density at radius 3 is 2.71 bits per heavy atom. The fourth-order valence-electron chi connectivity index (χ4n) is 4.11. The molecule has 1 amide bonds. The van der Waals surface area contributed by atoms with Gasteiger partial charge in [0.15, 0.2) is 11.0 Å². The maximum atomic E-state index is 13.6. The van der Waals surface area contributed by atoms with Gasteiger partial charge in [-0.1, -0.05) is 41.4 Å². The average molecular weight is 529 g/mol. The molecule has 0 aliphatic carbocycles. The number of fused-ring (bicyclic) bond motifs is 2. The number of hydrogen-bond donors (Lipinski definition) is 2. The molecular formula is C25H22Cl2N4O3S. The van der Waals surface area contributed by atoms with Gasteiger partial charge in [0, 0.05) is 10.0 Å². The Labute approximate surface area is 215 Å². The van der Waals surface area contributed by atoms with E-state index in [9.17, 15) is 9.00 Å². The molecule has 3 aromatic carbocycles. The van der Waals surface area contributed by atoms with Crippen LogP contribution in [0.15, 0.2) is 71.6 Å². The Kier molecular flexibility index (Phi) is 6.95. The number of aromatic amines is 1. The zero-order valence-electron chi connectivity index (χ0n) is 18.5. The molecule has 4 aromatic rings. The second-order valence-electron chi connectivity index (χ2n) is 8.15. The highest BCUT2D eigenvalue weighted by Gasteiger charge is 2.32. The number of carbonyl (C=O) groups excluding carboxylic acids is 1. The number of H-pyrrole nitrogens is 1. The van der Waals surface area contributed by atoms with E-state index in [1.807, 2.05) is 34.6 Å². The first kappa shape index (κ1) is 23.7. The van der Waals surface area contributed by atoms with Crippen LogP contribution in [0.1, 0.15) is 17.8 Å². The topological polar surface area (TPSA) is 87.3 Å². The standard InChI is InChI=1S/C25H22Cl2N4O3S/c26-17-6-10-20(11-7-17)35(33)31-19(9-5-16-3-1-2-4-23(16)31)15-34-25(32)28-14-24-29-21-12-8-18(27)13-22(21)30-24/h1-4,6-8,10-13,19H,5,9,14-15H2,(H,28,32)(H,29,30). The minimum Gasteiger partial charge on any atom is -0.447 e. The average Bonchev–Trinajstić information content (AvgIpc) is 3.28. The summed E-state index contributed by atoms with van der Waals surface area (Å²) >= 11 is 12.0. The molecule has 0 fully saturated rings. The Balaban J connectivity index is 1.26. The predicted molar refractivity (Wildman–Crippen MR) is 138 cm³/mol. The highest BCUT2D eigenvalue weighted by molar-refractivity contribution is 7.86. The van der Waals surface area contributed by atoms with E-state index >= 15 is 0 Å². The van der Waals surface area contributed by atoms with Gasteiger partial charge in [0.05, 0.1) is 34.2 Å². The second kappa shape index (κ2) is 10.3. The molecule has 1 aliphatic heterocycles. The lowest BCUT2D eigenvalue weighted by molar-refractivity contribution is 0.137. The maximum Gasteiger partial charge on any atom is 0.407 e. The molecule has 1 aliphatic rings. The first-order valence-electron chi connectivity index (χ1n) is 11.1. The maximum absolute atomic E-state index is 13.6. The van der Waals surface area contributed by atoms with Crippen molar-refractivity contribution in [3.8, 4) is 0 Å². The van der Waals surface area contributed by atoms with Crippen molar-refractivity contribution in [1.29, 1.82) is 0 Å². The van der Waals surface area contributed by atoms with E-state index in [0.717, 1.165) is 28.7 Å². The summed E-state index contributed by atoms with van der Waals surface area (Å²) in [5, 5.41) is 3.90. The number of amides is 1. The summed E-state index contributed by atoms with van der Waals surface area (Å²) in [5.41, 5.74) is 3.55. The van der Waals surface area contributed by atoms with Crippen LogP contribution < -0.4 is 9.62 Å². The summed E-state index contributed by atoms with van der Waals surface area (Å²) in [6, 6.07) is 19.9. The summed E-state index contributed by atoms with van der Waals surface area (Å²) in [7, 11) is -1.49. The molecule has 10 heteroatoms. The molecule has 0 spiro atoms. The molecule has 0 radical (unpaired) electrons. The number of anilines is 1. The zero-order chi connectivity index (χ0) is 24.4. The van der Waals surface area contributed by atoms with E-state index in [1.165, 1.54) is 0 Å². The third-order valence-electron chi connectivity index (χ3n) is 5.80. The second-order valence-corrected chi connectivity index (χ2v) is 10.4. The molecule has 0 bridgehead atoms. The first-order valence-corrected chi connectivity index (χ1v) is 12.9. The zero-order valence-corrected chi connectivity index (χ0v) is 20.9. The Morgan fingerprint density at radius 1 is 1.11 bits per heavy atom. The van der Waals surface area contributed by atoms with Gasteiger partial charge in [0.25, 0.3) is 0 Å². The van der Waals surface area contributed by atoms with Gasteiger partial charge < -0.3 is 15.0 Å². The number of rotatable bonds is 6. The van der Waals surface area contributed by atoms with Crippen molar-refractivity contribution < 1.29 is 13.7 Å². The minimum absolute atomic E-state index is 0.0925. The van der Waals surface area contributed by atoms with E-state index in [0.29, 0.717) is 27.2 Å². The van der Waals surface area contributed by atoms with E-state index < -0.39 is 17.1 Å². The van der Waals surface area contributed by atoms with E-state index in [-0.39, 0.29) is 19.2 Å². The van der Waals surface area contributed by atoms with E-state index in [2.05, 4.69) is 15.3 Å². The number of aryl methyl sites for hydroxylation is 1. The summed E-state index contributed by atoms with van der Waals surface area (Å²) in [4.78, 5) is 20.6. The SMILES string of the molecule is O=C(NCc1nc2ccc(Cl)cc2[nH]1)OCC1CCc2ccccc2N1S(=O)c1ccc(Cl)cc1. The van der Waals surface area contributed by atoms with Crippen LogP contribution in [-0.4, -0.2) is 32.9 Å². The number of alkyl carbamates (subject to hydrolysis) is 1. The number of para-hydroxylation sites is 1. The number of halogens is 2. The van der Waals surface area contributed by atoms with Crippen LogP contribution in [0.4, 0.5) is 10.5 Å². The molecule has 2 atom stereocenters. The smallest absolute Gasteiger partial charge is 0.407 e. The number of aromatic nitrogens is 2. The number of nitrogens with zero attached hydrogens (tertiary/aromatic N) is 2. The summed E-state index contributed by atoms with van der Waals surface area (Å²) in [6.45, 7) is 0.272. The highest BCUT2D eigenvalue weighted by atomic mass is 35.5. The van der Waals surface area contributed by atoms with Gasteiger partial charge >= 0.3 is 6.09 Å². The van der Waals surface area contributed by atoms with Crippen molar-refractivity contribution in [2.24, 2.45) is 0 Å². The van der Waals surface area contributed by atoms with Crippen LogP contribution in [0, 0.1) is 0 Å². The predicted octanol–water partition coefficient (Wildman–Crippen LogP) is 5.64. The Morgan fingerprint density at radius 2 is 1.89 bits per heavy atom. The minimum atomic E-state index is -1.49. The van der Waals surface area contributed by atoms with Crippen molar-refractivity contribution in [2.45, 2.75) is 30.3 Å². The molecule has 7 nitrogen and oxygen atoms in total. The largest absolute Gasteiger partial charge is 0.447 e. The number of imidazole rings is 1. The fourth-order valence-corrected chi connectivity index (χ4v) is 5.80. The Hall–Kier alpha value is -3.07. The van der Waals surface area contributed by atoms with Gasteiger partial charge in [-0.25, -0.2) is 14.0 Å². The van der Waals surface area contributed by atoms with E-state index in [1.54, 1.807) is 36.4 Å². The molecule has 2 heterocycles. The highest BCUT2D eigenvalue weighted by Crippen LogP contribution is 2.34. The van der Waals surface area contributed by atoms with Gasteiger partial charge in [0.2, 0.25) is 0 Å². The molecule has 2 unspecified atom stereocenters. The first-order chi connectivity index (χ1) is 17.0. The molecule has 5 rings (SSSR count). The van der Waals surface area contributed by atoms with Crippen LogP contribution in [0.3, 0.4) is 0 Å². The number of nitrogens with one attached hydrogen (secondary N) is 2. The van der Waals surface area contributed by atoms with Crippen LogP contribution in [-0.2, 0) is 28.7 Å². The lowest BCUT2D eigenvalue weighted by Crippen LogP contribution is -2.44. The third-order valence-corrected chi connectivity index (χ3v) is 7.82.